The van der Waals surface area contributed by atoms with Gasteiger partial charge in [0.05, 0.1) is 21.1 Å². The third-order valence-electron chi connectivity index (χ3n) is 4.08. The number of benzene rings is 1. The number of hydrogen-bond acceptors (Lipinski definition) is 4. The van der Waals surface area contributed by atoms with Crippen molar-refractivity contribution in [3.8, 4) is 11.5 Å². The van der Waals surface area contributed by atoms with Crippen molar-refractivity contribution in [3.63, 3.8) is 0 Å². The second kappa shape index (κ2) is 8.31. The monoisotopic (exact) mass is 448 g/mol. The minimum absolute atomic E-state index is 0.00660. The summed E-state index contributed by atoms with van der Waals surface area (Å²) in [5.41, 5.74) is 0.782. The predicted molar refractivity (Wildman–Crippen MR) is 107 cm³/mol. The molecule has 0 spiro atoms. The first-order chi connectivity index (χ1) is 12.8. The van der Waals surface area contributed by atoms with E-state index in [1.807, 2.05) is 32.0 Å². The van der Waals surface area contributed by atoms with Crippen molar-refractivity contribution < 1.29 is 14.3 Å². The first-order valence-electron chi connectivity index (χ1n) is 8.20. The molecule has 0 fully saturated rings. The van der Waals surface area contributed by atoms with Crippen LogP contribution in [0.15, 0.2) is 18.2 Å². The summed E-state index contributed by atoms with van der Waals surface area (Å²) >= 11 is 24.0. The summed E-state index contributed by atoms with van der Waals surface area (Å²) in [5.74, 6) is 0.898. The molecule has 5 nitrogen and oxygen atoms in total. The lowest BCUT2D eigenvalue weighted by Crippen LogP contribution is -2.32. The molecule has 1 aliphatic rings. The fourth-order valence-electron chi connectivity index (χ4n) is 2.74. The molecule has 9 heteroatoms. The molecule has 144 valence electrons. The Morgan fingerprint density at radius 2 is 1.70 bits per heavy atom. The number of ether oxygens (including phenoxy) is 2. The standard InChI is InChI=1S/C18H16Cl4N2O3/c1-8(2)15(9-3-4-10-11(7-9)27-6-5-26-10)24-18(25)16-13(20)12(19)14(21)17(22)23-16/h3-4,7-8,15H,5-6H2,1-2H3,(H,24,25). The van der Waals surface area contributed by atoms with Crippen LogP contribution in [0.25, 0.3) is 0 Å². The van der Waals surface area contributed by atoms with Crippen molar-refractivity contribution in [2.45, 2.75) is 19.9 Å². The Hall–Kier alpha value is -1.40. The number of hydrogen-bond donors (Lipinski definition) is 1. The van der Waals surface area contributed by atoms with Gasteiger partial charge in [-0.3, -0.25) is 4.79 Å². The number of carbonyl (C=O) groups excluding carboxylic acids is 1. The molecule has 0 radical (unpaired) electrons. The molecule has 0 saturated carbocycles. The molecule has 1 amide bonds. The van der Waals surface area contributed by atoms with Crippen molar-refractivity contribution in [1.29, 1.82) is 0 Å². The molecule has 0 saturated heterocycles. The summed E-state index contributed by atoms with van der Waals surface area (Å²) in [5, 5.41) is 2.79. The summed E-state index contributed by atoms with van der Waals surface area (Å²) in [6, 6.07) is 5.25. The lowest BCUT2D eigenvalue weighted by Gasteiger charge is -2.25. The van der Waals surface area contributed by atoms with Gasteiger partial charge >= 0.3 is 0 Å². The Kier molecular flexibility index (Phi) is 6.26. The smallest absolute Gasteiger partial charge is 0.272 e. The Balaban J connectivity index is 1.90. The van der Waals surface area contributed by atoms with Crippen LogP contribution in [0.4, 0.5) is 0 Å². The first-order valence-corrected chi connectivity index (χ1v) is 9.71. The number of rotatable bonds is 4. The maximum absolute atomic E-state index is 12.8. The molecule has 1 atom stereocenters. The number of pyridine rings is 1. The molecule has 1 aliphatic heterocycles. The molecule has 1 unspecified atom stereocenters. The third-order valence-corrected chi connectivity index (χ3v) is 5.76. The van der Waals surface area contributed by atoms with Gasteiger partial charge in [0, 0.05) is 0 Å². The molecule has 2 heterocycles. The molecule has 27 heavy (non-hydrogen) atoms. The largest absolute Gasteiger partial charge is 0.486 e. The summed E-state index contributed by atoms with van der Waals surface area (Å²) in [6.07, 6.45) is 0. The van der Waals surface area contributed by atoms with Gasteiger partial charge in [-0.15, -0.1) is 0 Å². The number of fused-ring (bicyclic) bond motifs is 1. The zero-order chi connectivity index (χ0) is 19.7. The van der Waals surface area contributed by atoms with E-state index >= 15 is 0 Å². The number of carbonyl (C=O) groups is 1. The van der Waals surface area contributed by atoms with E-state index in [4.69, 9.17) is 55.9 Å². The van der Waals surface area contributed by atoms with Gasteiger partial charge in [0.25, 0.3) is 5.91 Å². The highest BCUT2D eigenvalue weighted by molar-refractivity contribution is 6.52. The number of nitrogens with zero attached hydrogens (tertiary/aromatic N) is 1. The van der Waals surface area contributed by atoms with Gasteiger partial charge in [-0.25, -0.2) is 4.98 Å². The Labute approximate surface area is 176 Å². The van der Waals surface area contributed by atoms with E-state index in [1.165, 1.54) is 0 Å². The Morgan fingerprint density at radius 1 is 1.04 bits per heavy atom. The van der Waals surface area contributed by atoms with E-state index in [0.29, 0.717) is 24.7 Å². The lowest BCUT2D eigenvalue weighted by molar-refractivity contribution is 0.0920. The topological polar surface area (TPSA) is 60.5 Å². The van der Waals surface area contributed by atoms with E-state index in [0.717, 1.165) is 5.56 Å². The van der Waals surface area contributed by atoms with Crippen molar-refractivity contribution in [2.24, 2.45) is 5.92 Å². The molecule has 3 rings (SSSR count). The summed E-state index contributed by atoms with van der Waals surface area (Å²) < 4.78 is 11.2. The van der Waals surface area contributed by atoms with E-state index in [9.17, 15) is 4.79 Å². The molecule has 1 aromatic heterocycles. The van der Waals surface area contributed by atoms with Crippen LogP contribution in [0.5, 0.6) is 11.5 Å². The molecule has 0 aliphatic carbocycles. The van der Waals surface area contributed by atoms with Crippen LogP contribution in [-0.4, -0.2) is 24.1 Å². The zero-order valence-corrected chi connectivity index (χ0v) is 17.5. The van der Waals surface area contributed by atoms with E-state index in [-0.39, 0.29) is 37.9 Å². The van der Waals surface area contributed by atoms with Crippen LogP contribution >= 0.6 is 46.4 Å². The molecule has 1 N–H and O–H groups in total. The van der Waals surface area contributed by atoms with Crippen LogP contribution in [0.1, 0.15) is 35.9 Å². The van der Waals surface area contributed by atoms with Gasteiger partial charge in [-0.05, 0) is 23.6 Å². The summed E-state index contributed by atoms with van der Waals surface area (Å²) in [6.45, 7) is 4.96. The average Bonchev–Trinajstić information content (AvgIpc) is 2.66. The fourth-order valence-corrected chi connectivity index (χ4v) is 3.55. The fraction of sp³-hybridized carbons (Fsp3) is 0.333. The molecule has 0 bridgehead atoms. The van der Waals surface area contributed by atoms with Gasteiger partial charge in [-0.2, -0.15) is 0 Å². The van der Waals surface area contributed by atoms with Gasteiger partial charge in [0.2, 0.25) is 0 Å². The van der Waals surface area contributed by atoms with Crippen molar-refractivity contribution in [2.75, 3.05) is 13.2 Å². The molecular formula is C18H16Cl4N2O3. The first kappa shape index (κ1) is 20.3. The Morgan fingerprint density at radius 3 is 2.37 bits per heavy atom. The number of nitrogens with one attached hydrogen (secondary N) is 1. The zero-order valence-electron chi connectivity index (χ0n) is 14.5. The van der Waals surface area contributed by atoms with Crippen LogP contribution < -0.4 is 14.8 Å². The van der Waals surface area contributed by atoms with Gasteiger partial charge in [0.1, 0.15) is 24.1 Å². The maximum atomic E-state index is 12.8. The molecular weight excluding hydrogens is 434 g/mol. The highest BCUT2D eigenvalue weighted by Gasteiger charge is 2.25. The van der Waals surface area contributed by atoms with E-state index < -0.39 is 5.91 Å². The minimum atomic E-state index is -0.506. The molecule has 2 aromatic rings. The molecule has 1 aromatic carbocycles. The summed E-state index contributed by atoms with van der Waals surface area (Å²) in [4.78, 5) is 16.8. The SMILES string of the molecule is CC(C)C(NC(=O)c1nc(Cl)c(Cl)c(Cl)c1Cl)c1ccc2c(c1)OCCO2. The van der Waals surface area contributed by atoms with Crippen LogP contribution in [0.3, 0.4) is 0 Å². The van der Waals surface area contributed by atoms with Crippen molar-refractivity contribution in [1.82, 2.24) is 10.3 Å². The second-order valence-corrected chi connectivity index (χ2v) is 7.78. The number of aromatic nitrogens is 1. The third kappa shape index (κ3) is 4.21. The van der Waals surface area contributed by atoms with Crippen molar-refractivity contribution >= 4 is 52.3 Å². The van der Waals surface area contributed by atoms with Gasteiger partial charge in [0.15, 0.2) is 11.5 Å². The number of halogens is 4. The summed E-state index contributed by atoms with van der Waals surface area (Å²) in [7, 11) is 0. The van der Waals surface area contributed by atoms with Crippen molar-refractivity contribution in [3.05, 3.63) is 49.7 Å². The normalized spacial score (nSPS) is 14.2. The van der Waals surface area contributed by atoms with E-state index in [2.05, 4.69) is 10.3 Å². The highest BCUT2D eigenvalue weighted by Crippen LogP contribution is 2.37. The van der Waals surface area contributed by atoms with E-state index in [1.54, 1.807) is 0 Å². The second-order valence-electron chi connectivity index (χ2n) is 6.29. The highest BCUT2D eigenvalue weighted by atomic mass is 35.5. The average molecular weight is 450 g/mol. The van der Waals surface area contributed by atoms with Crippen LogP contribution in [-0.2, 0) is 0 Å². The van der Waals surface area contributed by atoms with Crippen LogP contribution in [0, 0.1) is 5.92 Å². The quantitative estimate of drug-likeness (QED) is 0.617. The van der Waals surface area contributed by atoms with Gasteiger partial charge < -0.3 is 14.8 Å². The maximum Gasteiger partial charge on any atom is 0.272 e. The van der Waals surface area contributed by atoms with Gasteiger partial charge in [-0.1, -0.05) is 66.3 Å². The lowest BCUT2D eigenvalue weighted by atomic mass is 9.95. The minimum Gasteiger partial charge on any atom is -0.486 e. The van der Waals surface area contributed by atoms with Crippen LogP contribution in [0.2, 0.25) is 20.2 Å². The Bertz CT molecular complexity index is 889. The number of amides is 1. The predicted octanol–water partition coefficient (Wildman–Crippen LogP) is 5.59.